The van der Waals surface area contributed by atoms with Gasteiger partial charge >= 0.3 is 0 Å². The molecule has 2 aromatic rings. The first-order valence-corrected chi connectivity index (χ1v) is 8.48. The van der Waals surface area contributed by atoms with E-state index in [0.717, 1.165) is 17.5 Å². The van der Waals surface area contributed by atoms with Crippen molar-refractivity contribution in [2.24, 2.45) is 0 Å². The second-order valence-corrected chi connectivity index (χ2v) is 6.14. The Balaban J connectivity index is 1.93. The van der Waals surface area contributed by atoms with Gasteiger partial charge < -0.3 is 9.64 Å². The van der Waals surface area contributed by atoms with Gasteiger partial charge in [0.1, 0.15) is 5.75 Å². The Morgan fingerprint density at radius 1 is 1.08 bits per heavy atom. The number of rotatable bonds is 8. The van der Waals surface area contributed by atoms with E-state index in [1.54, 1.807) is 4.90 Å². The van der Waals surface area contributed by atoms with E-state index in [1.807, 2.05) is 56.3 Å². The summed E-state index contributed by atoms with van der Waals surface area (Å²) in [6.45, 7) is 5.00. The van der Waals surface area contributed by atoms with Crippen molar-refractivity contribution in [1.82, 2.24) is 4.90 Å². The normalized spacial score (nSPS) is 10.1. The summed E-state index contributed by atoms with van der Waals surface area (Å²) in [5, 5.41) is 8.83. The predicted molar refractivity (Wildman–Crippen MR) is 98.4 cm³/mol. The fourth-order valence-electron chi connectivity index (χ4n) is 2.71. The smallest absolute Gasteiger partial charge is 0.260 e. The van der Waals surface area contributed by atoms with Gasteiger partial charge in [0.25, 0.3) is 5.91 Å². The minimum Gasteiger partial charge on any atom is -0.484 e. The van der Waals surface area contributed by atoms with E-state index in [-0.39, 0.29) is 12.5 Å². The molecule has 0 aliphatic heterocycles. The van der Waals surface area contributed by atoms with Crippen molar-refractivity contribution >= 4 is 5.91 Å². The fraction of sp³-hybridized carbons (Fsp3) is 0.333. The lowest BCUT2D eigenvalue weighted by atomic mass is 10.1. The molecule has 4 heteroatoms. The molecule has 0 atom stereocenters. The maximum Gasteiger partial charge on any atom is 0.260 e. The first-order valence-electron chi connectivity index (χ1n) is 8.48. The second-order valence-electron chi connectivity index (χ2n) is 6.14. The number of carbonyl (C=O) groups excluding carboxylic acids is 1. The molecule has 25 heavy (non-hydrogen) atoms. The molecule has 0 aliphatic carbocycles. The van der Waals surface area contributed by atoms with Gasteiger partial charge in [0.2, 0.25) is 0 Å². The molecule has 0 spiro atoms. The van der Waals surface area contributed by atoms with Gasteiger partial charge in [-0.15, -0.1) is 0 Å². The van der Waals surface area contributed by atoms with Crippen molar-refractivity contribution in [3.8, 4) is 11.8 Å². The summed E-state index contributed by atoms with van der Waals surface area (Å²) in [5.41, 5.74) is 3.38. The summed E-state index contributed by atoms with van der Waals surface area (Å²) in [5.74, 6) is 0.611. The SMILES string of the molecule is Cc1cc(C)cc(OCC(=O)N(CCC#N)CCc2ccccc2)c1. The Bertz CT molecular complexity index is 715. The van der Waals surface area contributed by atoms with Gasteiger partial charge in [0.05, 0.1) is 12.5 Å². The summed E-state index contributed by atoms with van der Waals surface area (Å²) in [6.07, 6.45) is 1.09. The van der Waals surface area contributed by atoms with E-state index in [0.29, 0.717) is 25.3 Å². The maximum absolute atomic E-state index is 12.5. The highest BCUT2D eigenvalue weighted by Gasteiger charge is 2.14. The standard InChI is InChI=1S/C21H24N2O2/c1-17-13-18(2)15-20(14-17)25-16-21(24)23(11-6-10-22)12-9-19-7-4-3-5-8-19/h3-5,7-8,13-15H,6,9,11-12,16H2,1-2H3. The first-order chi connectivity index (χ1) is 12.1. The van der Waals surface area contributed by atoms with E-state index in [9.17, 15) is 4.79 Å². The van der Waals surface area contributed by atoms with E-state index in [1.165, 1.54) is 5.56 Å². The Kier molecular flexibility index (Phi) is 7.03. The molecule has 0 aliphatic rings. The summed E-state index contributed by atoms with van der Waals surface area (Å²) >= 11 is 0. The molecule has 0 radical (unpaired) electrons. The molecule has 0 saturated carbocycles. The number of benzene rings is 2. The van der Waals surface area contributed by atoms with E-state index < -0.39 is 0 Å². The lowest BCUT2D eigenvalue weighted by molar-refractivity contribution is -0.133. The Morgan fingerprint density at radius 2 is 1.76 bits per heavy atom. The number of carbonyl (C=O) groups is 1. The van der Waals surface area contributed by atoms with Gasteiger partial charge in [0, 0.05) is 13.1 Å². The molecule has 2 rings (SSSR count). The van der Waals surface area contributed by atoms with Crippen molar-refractivity contribution < 1.29 is 9.53 Å². The second kappa shape index (κ2) is 9.48. The number of amides is 1. The largest absolute Gasteiger partial charge is 0.484 e. The van der Waals surface area contributed by atoms with E-state index in [4.69, 9.17) is 10.00 Å². The number of nitriles is 1. The number of aryl methyl sites for hydroxylation is 2. The van der Waals surface area contributed by atoms with Crippen molar-refractivity contribution in [3.05, 3.63) is 65.2 Å². The van der Waals surface area contributed by atoms with Crippen LogP contribution in [0.1, 0.15) is 23.1 Å². The van der Waals surface area contributed by atoms with Crippen LogP contribution in [-0.4, -0.2) is 30.5 Å². The average molecular weight is 336 g/mol. The van der Waals surface area contributed by atoms with Crippen molar-refractivity contribution in [2.75, 3.05) is 19.7 Å². The monoisotopic (exact) mass is 336 g/mol. The summed E-state index contributed by atoms with van der Waals surface area (Å²) in [4.78, 5) is 14.2. The molecule has 0 bridgehead atoms. The lowest BCUT2D eigenvalue weighted by Gasteiger charge is -2.22. The molecule has 1 amide bonds. The van der Waals surface area contributed by atoms with Crippen LogP contribution in [0.3, 0.4) is 0 Å². The van der Waals surface area contributed by atoms with Crippen LogP contribution >= 0.6 is 0 Å². The molecule has 130 valence electrons. The van der Waals surface area contributed by atoms with Gasteiger partial charge in [-0.25, -0.2) is 0 Å². The number of hydrogen-bond donors (Lipinski definition) is 0. The van der Waals surface area contributed by atoms with Crippen molar-refractivity contribution in [1.29, 1.82) is 5.26 Å². The van der Waals surface area contributed by atoms with Crippen LogP contribution in [0.5, 0.6) is 5.75 Å². The molecular formula is C21H24N2O2. The van der Waals surface area contributed by atoms with E-state index in [2.05, 4.69) is 12.1 Å². The summed E-state index contributed by atoms with van der Waals surface area (Å²) in [6, 6.07) is 18.0. The molecule has 0 heterocycles. The zero-order valence-electron chi connectivity index (χ0n) is 14.9. The Morgan fingerprint density at radius 3 is 2.40 bits per heavy atom. The third-order valence-electron chi connectivity index (χ3n) is 3.92. The maximum atomic E-state index is 12.5. The number of nitrogens with zero attached hydrogens (tertiary/aromatic N) is 2. The molecule has 2 aromatic carbocycles. The quantitative estimate of drug-likeness (QED) is 0.739. The lowest BCUT2D eigenvalue weighted by Crippen LogP contribution is -2.37. The van der Waals surface area contributed by atoms with Crippen LogP contribution in [-0.2, 0) is 11.2 Å². The van der Waals surface area contributed by atoms with Crippen LogP contribution in [0.4, 0.5) is 0 Å². The minimum absolute atomic E-state index is 0.0108. The van der Waals surface area contributed by atoms with Gasteiger partial charge in [-0.2, -0.15) is 5.26 Å². The highest BCUT2D eigenvalue weighted by molar-refractivity contribution is 5.77. The molecule has 0 N–H and O–H groups in total. The van der Waals surface area contributed by atoms with Crippen LogP contribution in [0.15, 0.2) is 48.5 Å². The van der Waals surface area contributed by atoms with Gasteiger partial charge in [0.15, 0.2) is 6.61 Å². The Hall–Kier alpha value is -2.80. The topological polar surface area (TPSA) is 53.3 Å². The van der Waals surface area contributed by atoms with Crippen LogP contribution in [0.2, 0.25) is 0 Å². The van der Waals surface area contributed by atoms with E-state index >= 15 is 0 Å². The van der Waals surface area contributed by atoms with Gasteiger partial charge in [-0.3, -0.25) is 4.79 Å². The molecular weight excluding hydrogens is 312 g/mol. The molecule has 0 unspecified atom stereocenters. The average Bonchev–Trinajstić information content (AvgIpc) is 2.60. The predicted octanol–water partition coefficient (Wildman–Crippen LogP) is 3.67. The minimum atomic E-state index is -0.0923. The van der Waals surface area contributed by atoms with Crippen molar-refractivity contribution in [3.63, 3.8) is 0 Å². The third-order valence-corrected chi connectivity index (χ3v) is 3.92. The van der Waals surface area contributed by atoms with Crippen LogP contribution in [0.25, 0.3) is 0 Å². The number of ether oxygens (including phenoxy) is 1. The zero-order chi connectivity index (χ0) is 18.1. The highest BCUT2D eigenvalue weighted by atomic mass is 16.5. The van der Waals surface area contributed by atoms with Gasteiger partial charge in [-0.05, 0) is 49.1 Å². The highest BCUT2D eigenvalue weighted by Crippen LogP contribution is 2.16. The molecule has 4 nitrogen and oxygen atoms in total. The summed E-state index contributed by atoms with van der Waals surface area (Å²) in [7, 11) is 0. The zero-order valence-corrected chi connectivity index (χ0v) is 14.9. The fourth-order valence-corrected chi connectivity index (χ4v) is 2.71. The number of hydrogen-bond acceptors (Lipinski definition) is 3. The molecule has 0 aromatic heterocycles. The molecule has 0 saturated heterocycles. The van der Waals surface area contributed by atoms with Crippen LogP contribution < -0.4 is 4.74 Å². The Labute approximate surface area is 149 Å². The first kappa shape index (κ1) is 18.5. The summed E-state index contributed by atoms with van der Waals surface area (Å²) < 4.78 is 5.67. The third kappa shape index (κ3) is 6.31. The van der Waals surface area contributed by atoms with Gasteiger partial charge in [-0.1, -0.05) is 36.4 Å². The molecule has 0 fully saturated rings. The van der Waals surface area contributed by atoms with Crippen LogP contribution in [0, 0.1) is 25.2 Å². The van der Waals surface area contributed by atoms with Crippen molar-refractivity contribution in [2.45, 2.75) is 26.7 Å².